The molecule has 0 bridgehead atoms. The second-order valence-electron chi connectivity index (χ2n) is 9.23. The van der Waals surface area contributed by atoms with Gasteiger partial charge in [0.2, 0.25) is 0 Å². The van der Waals surface area contributed by atoms with Crippen LogP contribution >= 0.6 is 0 Å². The summed E-state index contributed by atoms with van der Waals surface area (Å²) in [5.74, 6) is -3.08. The molecule has 0 atom stereocenters. The predicted octanol–water partition coefficient (Wildman–Crippen LogP) is 5.35. The van der Waals surface area contributed by atoms with Crippen molar-refractivity contribution in [2.45, 2.75) is 65.2 Å². The zero-order chi connectivity index (χ0) is 24.8. The Hall–Kier alpha value is -3.35. The first-order valence-electron chi connectivity index (χ1n) is 11.0. The minimum atomic E-state index is -1.39. The molecule has 0 fully saturated rings. The van der Waals surface area contributed by atoms with Crippen molar-refractivity contribution in [3.63, 3.8) is 0 Å². The summed E-state index contributed by atoms with van der Waals surface area (Å²) in [5.41, 5.74) is 2.12. The van der Waals surface area contributed by atoms with Crippen LogP contribution in [0.25, 0.3) is 0 Å². The second-order valence-corrected chi connectivity index (χ2v) is 9.23. The molecule has 0 spiro atoms. The number of hydrogen-bond donors (Lipinski definition) is 3. The highest BCUT2D eigenvalue weighted by Crippen LogP contribution is 2.34. The molecule has 0 aliphatic rings. The van der Waals surface area contributed by atoms with Crippen molar-refractivity contribution in [1.82, 2.24) is 0 Å². The fourth-order valence-corrected chi connectivity index (χ4v) is 3.63. The number of rotatable bonds is 10. The average Bonchev–Trinajstić information content (AvgIpc) is 2.73. The molecule has 0 amide bonds. The zero-order valence-electron chi connectivity index (χ0n) is 19.6. The van der Waals surface area contributed by atoms with Gasteiger partial charge in [-0.3, -0.25) is 0 Å². The Balaban J connectivity index is 1.81. The van der Waals surface area contributed by atoms with Gasteiger partial charge in [0, 0.05) is 0 Å². The number of ether oxygens (including phenoxy) is 1. The number of carboxylic acid groups (broad SMARTS) is 2. The van der Waals surface area contributed by atoms with Gasteiger partial charge >= 0.3 is 17.9 Å². The standard InChI is InChI=1S/C26H32O7/c1-16-13-17(14-21(22(16)27)26(2,3)4)9-7-5-6-8-12-33-25(32)19-11-10-18(23(28)29)15-20(19)24(30)31/h10-11,13-15,27H,5-9,12H2,1-4H3,(H,28,29)(H,30,31). The minimum Gasteiger partial charge on any atom is -0.507 e. The summed E-state index contributed by atoms with van der Waals surface area (Å²) in [6.07, 6.45) is 4.28. The number of aryl methyl sites for hydroxylation is 2. The third-order valence-electron chi connectivity index (χ3n) is 5.48. The Morgan fingerprint density at radius 2 is 1.55 bits per heavy atom. The number of hydrogen-bond acceptors (Lipinski definition) is 5. The molecule has 7 heteroatoms. The minimum absolute atomic E-state index is 0.136. The van der Waals surface area contributed by atoms with Gasteiger partial charge in [0.15, 0.2) is 0 Å². The van der Waals surface area contributed by atoms with Crippen LogP contribution in [0, 0.1) is 6.92 Å². The molecule has 178 valence electrons. The van der Waals surface area contributed by atoms with Crippen molar-refractivity contribution in [2.75, 3.05) is 6.61 Å². The molecule has 0 saturated heterocycles. The number of carbonyl (C=O) groups excluding carboxylic acids is 1. The first kappa shape index (κ1) is 25.9. The fraction of sp³-hybridized carbons (Fsp3) is 0.423. The Morgan fingerprint density at radius 1 is 0.879 bits per heavy atom. The van der Waals surface area contributed by atoms with E-state index in [0.717, 1.165) is 42.9 Å². The summed E-state index contributed by atoms with van der Waals surface area (Å²) in [4.78, 5) is 34.6. The second kappa shape index (κ2) is 11.0. The summed E-state index contributed by atoms with van der Waals surface area (Å²) >= 11 is 0. The summed E-state index contributed by atoms with van der Waals surface area (Å²) in [5, 5.41) is 28.6. The van der Waals surface area contributed by atoms with Crippen molar-refractivity contribution in [2.24, 2.45) is 0 Å². The highest BCUT2D eigenvalue weighted by atomic mass is 16.5. The Labute approximate surface area is 194 Å². The maximum atomic E-state index is 12.2. The van der Waals surface area contributed by atoms with Crippen molar-refractivity contribution in [3.8, 4) is 5.75 Å². The molecular weight excluding hydrogens is 424 g/mol. The van der Waals surface area contributed by atoms with E-state index in [9.17, 15) is 24.6 Å². The lowest BCUT2D eigenvalue weighted by Gasteiger charge is -2.22. The van der Waals surface area contributed by atoms with Gasteiger partial charge in [-0.1, -0.05) is 45.7 Å². The maximum Gasteiger partial charge on any atom is 0.339 e. The lowest BCUT2D eigenvalue weighted by Crippen LogP contribution is -2.14. The quantitative estimate of drug-likeness (QED) is 0.325. The Bertz CT molecular complexity index is 1030. The monoisotopic (exact) mass is 456 g/mol. The first-order chi connectivity index (χ1) is 15.4. The average molecular weight is 457 g/mol. The van der Waals surface area contributed by atoms with Crippen molar-refractivity contribution in [3.05, 3.63) is 63.7 Å². The van der Waals surface area contributed by atoms with Gasteiger partial charge in [-0.15, -0.1) is 0 Å². The van der Waals surface area contributed by atoms with Crippen LogP contribution in [0.1, 0.15) is 94.2 Å². The highest BCUT2D eigenvalue weighted by Gasteiger charge is 2.21. The van der Waals surface area contributed by atoms with Crippen LogP contribution in [0.15, 0.2) is 30.3 Å². The van der Waals surface area contributed by atoms with Gasteiger partial charge in [-0.05, 0) is 66.5 Å². The zero-order valence-corrected chi connectivity index (χ0v) is 19.6. The van der Waals surface area contributed by atoms with Crippen LogP contribution in [0.3, 0.4) is 0 Å². The number of phenolic OH excluding ortho intramolecular Hbond substituents is 1. The van der Waals surface area contributed by atoms with E-state index in [1.54, 1.807) is 0 Å². The van der Waals surface area contributed by atoms with Crippen LogP contribution < -0.4 is 0 Å². The van der Waals surface area contributed by atoms with E-state index in [0.29, 0.717) is 12.2 Å². The molecule has 3 N–H and O–H groups in total. The fourth-order valence-electron chi connectivity index (χ4n) is 3.63. The van der Waals surface area contributed by atoms with Crippen LogP contribution in [-0.4, -0.2) is 39.8 Å². The number of carbonyl (C=O) groups is 3. The predicted molar refractivity (Wildman–Crippen MR) is 124 cm³/mol. The first-order valence-corrected chi connectivity index (χ1v) is 11.0. The number of phenols is 1. The third kappa shape index (κ3) is 7.07. The van der Waals surface area contributed by atoms with E-state index in [4.69, 9.17) is 9.84 Å². The number of benzene rings is 2. The Morgan fingerprint density at radius 3 is 2.15 bits per heavy atom. The van der Waals surface area contributed by atoms with Gasteiger partial charge in [0.25, 0.3) is 0 Å². The maximum absolute atomic E-state index is 12.2. The number of aromatic carboxylic acids is 2. The molecule has 0 saturated carbocycles. The molecule has 0 heterocycles. The normalized spacial score (nSPS) is 11.3. The lowest BCUT2D eigenvalue weighted by atomic mass is 9.83. The lowest BCUT2D eigenvalue weighted by molar-refractivity contribution is 0.0486. The molecule has 2 aromatic carbocycles. The van der Waals surface area contributed by atoms with Crippen molar-refractivity contribution >= 4 is 17.9 Å². The molecule has 7 nitrogen and oxygen atoms in total. The smallest absolute Gasteiger partial charge is 0.339 e. The summed E-state index contributed by atoms with van der Waals surface area (Å²) in [6, 6.07) is 7.39. The SMILES string of the molecule is Cc1cc(CCCCCCOC(=O)c2ccc(C(=O)O)cc2C(=O)O)cc(C(C)(C)C)c1O. The molecule has 0 aliphatic heterocycles. The van der Waals surface area contributed by atoms with E-state index in [2.05, 4.69) is 26.8 Å². The van der Waals surface area contributed by atoms with Crippen LogP contribution in [0.4, 0.5) is 0 Å². The summed E-state index contributed by atoms with van der Waals surface area (Å²) < 4.78 is 5.19. The van der Waals surface area contributed by atoms with Crippen LogP contribution in [-0.2, 0) is 16.6 Å². The molecule has 0 aliphatic carbocycles. The molecule has 33 heavy (non-hydrogen) atoms. The summed E-state index contributed by atoms with van der Waals surface area (Å²) in [6.45, 7) is 8.30. The van der Waals surface area contributed by atoms with E-state index in [1.807, 2.05) is 13.0 Å². The highest BCUT2D eigenvalue weighted by molar-refractivity contribution is 6.04. The summed E-state index contributed by atoms with van der Waals surface area (Å²) in [7, 11) is 0. The Kier molecular flexibility index (Phi) is 8.63. The number of unbranched alkanes of at least 4 members (excludes halogenated alkanes) is 3. The molecule has 2 aromatic rings. The molecule has 0 aromatic heterocycles. The van der Waals surface area contributed by atoms with E-state index < -0.39 is 23.5 Å². The van der Waals surface area contributed by atoms with Gasteiger partial charge in [0.05, 0.1) is 23.3 Å². The molecule has 0 unspecified atom stereocenters. The largest absolute Gasteiger partial charge is 0.507 e. The van der Waals surface area contributed by atoms with Crippen molar-refractivity contribution in [1.29, 1.82) is 0 Å². The van der Waals surface area contributed by atoms with Gasteiger partial charge < -0.3 is 20.1 Å². The van der Waals surface area contributed by atoms with E-state index in [-0.39, 0.29) is 23.1 Å². The molecule has 2 rings (SSSR count). The topological polar surface area (TPSA) is 121 Å². The third-order valence-corrected chi connectivity index (χ3v) is 5.48. The number of aromatic hydroxyl groups is 1. The van der Waals surface area contributed by atoms with Gasteiger partial charge in [-0.2, -0.15) is 0 Å². The van der Waals surface area contributed by atoms with Gasteiger partial charge in [-0.25, -0.2) is 14.4 Å². The number of esters is 1. The molecule has 0 radical (unpaired) electrons. The van der Waals surface area contributed by atoms with E-state index in [1.165, 1.54) is 17.7 Å². The van der Waals surface area contributed by atoms with Crippen molar-refractivity contribution < 1.29 is 34.4 Å². The van der Waals surface area contributed by atoms with Crippen LogP contribution in [0.2, 0.25) is 0 Å². The molecular formula is C26H32O7. The number of carboxylic acids is 2. The van der Waals surface area contributed by atoms with E-state index >= 15 is 0 Å². The van der Waals surface area contributed by atoms with Gasteiger partial charge in [0.1, 0.15) is 5.75 Å². The van der Waals surface area contributed by atoms with Crippen LogP contribution in [0.5, 0.6) is 5.75 Å².